The Balaban J connectivity index is 2.40. The van der Waals surface area contributed by atoms with E-state index in [1.165, 1.54) is 18.9 Å². The molecule has 1 atom stereocenters. The van der Waals surface area contributed by atoms with Gasteiger partial charge in [0.15, 0.2) is 0 Å². The van der Waals surface area contributed by atoms with Crippen molar-refractivity contribution in [3.05, 3.63) is 36.4 Å². The molecule has 2 aromatic rings. The number of carbonyl (C=O) groups is 1. The predicted octanol–water partition coefficient (Wildman–Crippen LogP) is 2.14. The van der Waals surface area contributed by atoms with Crippen LogP contribution in [0.3, 0.4) is 0 Å². The number of esters is 1. The Kier molecular flexibility index (Phi) is 4.29. The van der Waals surface area contributed by atoms with Gasteiger partial charge < -0.3 is 15.6 Å². The Labute approximate surface area is 115 Å². The second-order valence-corrected chi connectivity index (χ2v) is 5.24. The standard InChI is InChI=1S/C14H15NO3S/c1-18-14(17)13(8-15)19-12-7-6-11(16)9-4-2-3-5-10(9)12/h2-7,13,16H,8,15H2,1H3. The second-order valence-electron chi connectivity index (χ2n) is 3.99. The lowest BCUT2D eigenvalue weighted by Gasteiger charge is -2.14. The summed E-state index contributed by atoms with van der Waals surface area (Å²) in [5.74, 6) is -0.119. The van der Waals surface area contributed by atoms with Crippen molar-refractivity contribution in [2.24, 2.45) is 5.73 Å². The summed E-state index contributed by atoms with van der Waals surface area (Å²) >= 11 is 1.35. The molecular weight excluding hydrogens is 262 g/mol. The molecule has 4 nitrogen and oxygen atoms in total. The molecule has 3 N–H and O–H groups in total. The lowest BCUT2D eigenvalue weighted by Crippen LogP contribution is -2.27. The van der Waals surface area contributed by atoms with Crippen molar-refractivity contribution in [2.75, 3.05) is 13.7 Å². The number of aromatic hydroxyl groups is 1. The zero-order valence-corrected chi connectivity index (χ0v) is 11.3. The van der Waals surface area contributed by atoms with Gasteiger partial charge in [-0.15, -0.1) is 11.8 Å². The number of rotatable bonds is 4. The molecule has 0 aliphatic carbocycles. The summed E-state index contributed by atoms with van der Waals surface area (Å²) < 4.78 is 4.72. The van der Waals surface area contributed by atoms with Gasteiger partial charge in [0, 0.05) is 16.8 Å². The molecule has 0 amide bonds. The number of thioether (sulfide) groups is 1. The van der Waals surface area contributed by atoms with E-state index in [4.69, 9.17) is 10.5 Å². The lowest BCUT2D eigenvalue weighted by atomic mass is 10.1. The Bertz CT molecular complexity index is 600. The third-order valence-electron chi connectivity index (χ3n) is 2.81. The molecule has 19 heavy (non-hydrogen) atoms. The molecular formula is C14H15NO3S. The van der Waals surface area contributed by atoms with Crippen molar-refractivity contribution in [2.45, 2.75) is 10.1 Å². The molecule has 0 heterocycles. The molecule has 5 heteroatoms. The molecule has 0 aliphatic heterocycles. The zero-order valence-electron chi connectivity index (χ0n) is 10.5. The van der Waals surface area contributed by atoms with E-state index in [2.05, 4.69) is 0 Å². The highest BCUT2D eigenvalue weighted by Crippen LogP contribution is 2.35. The molecule has 100 valence electrons. The summed E-state index contributed by atoms with van der Waals surface area (Å²) in [6.07, 6.45) is 0. The Morgan fingerprint density at radius 3 is 2.63 bits per heavy atom. The van der Waals surface area contributed by atoms with E-state index >= 15 is 0 Å². The SMILES string of the molecule is COC(=O)C(CN)Sc1ccc(O)c2ccccc12. The van der Waals surface area contributed by atoms with Crippen LogP contribution in [0.5, 0.6) is 5.75 Å². The van der Waals surface area contributed by atoms with Crippen molar-refractivity contribution < 1.29 is 14.6 Å². The fourth-order valence-electron chi connectivity index (χ4n) is 1.84. The van der Waals surface area contributed by atoms with Crippen LogP contribution in [0.4, 0.5) is 0 Å². The summed E-state index contributed by atoms with van der Waals surface area (Å²) in [4.78, 5) is 12.5. The topological polar surface area (TPSA) is 72.5 Å². The highest BCUT2D eigenvalue weighted by molar-refractivity contribution is 8.00. The van der Waals surface area contributed by atoms with Gasteiger partial charge in [0.05, 0.1) is 7.11 Å². The Morgan fingerprint density at radius 1 is 1.32 bits per heavy atom. The van der Waals surface area contributed by atoms with Crippen LogP contribution in [0.15, 0.2) is 41.3 Å². The largest absolute Gasteiger partial charge is 0.507 e. The Morgan fingerprint density at radius 2 is 2.00 bits per heavy atom. The van der Waals surface area contributed by atoms with Crippen LogP contribution >= 0.6 is 11.8 Å². The van der Waals surface area contributed by atoms with Crippen molar-refractivity contribution in [3.63, 3.8) is 0 Å². The number of methoxy groups -OCH3 is 1. The molecule has 1 unspecified atom stereocenters. The maximum absolute atomic E-state index is 11.6. The monoisotopic (exact) mass is 277 g/mol. The van der Waals surface area contributed by atoms with Crippen molar-refractivity contribution in [3.8, 4) is 5.75 Å². The number of benzene rings is 2. The number of phenolic OH excluding ortho intramolecular Hbond substituents is 1. The van der Waals surface area contributed by atoms with Crippen LogP contribution in [-0.2, 0) is 9.53 Å². The maximum Gasteiger partial charge on any atom is 0.320 e. The van der Waals surface area contributed by atoms with E-state index in [-0.39, 0.29) is 18.3 Å². The number of nitrogens with two attached hydrogens (primary N) is 1. The number of hydrogen-bond acceptors (Lipinski definition) is 5. The van der Waals surface area contributed by atoms with E-state index in [1.54, 1.807) is 12.1 Å². The Hall–Kier alpha value is -1.72. The molecule has 0 bridgehead atoms. The number of ether oxygens (including phenoxy) is 1. The van der Waals surface area contributed by atoms with E-state index in [0.717, 1.165) is 15.7 Å². The summed E-state index contributed by atoms with van der Waals surface area (Å²) in [5, 5.41) is 11.0. The van der Waals surface area contributed by atoms with Crippen molar-refractivity contribution in [1.29, 1.82) is 0 Å². The van der Waals surface area contributed by atoms with Gasteiger partial charge in [-0.3, -0.25) is 4.79 Å². The molecule has 0 radical (unpaired) electrons. The van der Waals surface area contributed by atoms with Crippen LogP contribution in [0.25, 0.3) is 10.8 Å². The van der Waals surface area contributed by atoms with Crippen molar-refractivity contribution in [1.82, 2.24) is 0 Å². The van der Waals surface area contributed by atoms with Crippen LogP contribution in [0, 0.1) is 0 Å². The number of phenols is 1. The first-order valence-corrected chi connectivity index (χ1v) is 6.70. The summed E-state index contributed by atoms with van der Waals surface area (Å²) in [5.41, 5.74) is 5.60. The average Bonchev–Trinajstić information content (AvgIpc) is 2.46. The van der Waals surface area contributed by atoms with Gasteiger partial charge in [-0.1, -0.05) is 24.3 Å². The number of fused-ring (bicyclic) bond motifs is 1. The van der Waals surface area contributed by atoms with Gasteiger partial charge in [0.1, 0.15) is 11.0 Å². The molecule has 2 rings (SSSR count). The van der Waals surface area contributed by atoms with E-state index in [9.17, 15) is 9.90 Å². The quantitative estimate of drug-likeness (QED) is 0.661. The smallest absolute Gasteiger partial charge is 0.320 e. The molecule has 0 saturated heterocycles. The van der Waals surface area contributed by atoms with E-state index in [0.29, 0.717) is 0 Å². The summed E-state index contributed by atoms with van der Waals surface area (Å²) in [6.45, 7) is 0.201. The van der Waals surface area contributed by atoms with E-state index in [1.807, 2.05) is 24.3 Å². The molecule has 0 saturated carbocycles. The zero-order chi connectivity index (χ0) is 13.8. The van der Waals surface area contributed by atoms with Gasteiger partial charge in [-0.2, -0.15) is 0 Å². The molecule has 0 spiro atoms. The lowest BCUT2D eigenvalue weighted by molar-refractivity contribution is -0.139. The van der Waals surface area contributed by atoms with Crippen LogP contribution in [0.1, 0.15) is 0 Å². The minimum Gasteiger partial charge on any atom is -0.507 e. The second kappa shape index (κ2) is 5.95. The minimum atomic E-state index is -0.446. The highest BCUT2D eigenvalue weighted by Gasteiger charge is 2.20. The van der Waals surface area contributed by atoms with Gasteiger partial charge >= 0.3 is 5.97 Å². The van der Waals surface area contributed by atoms with Gasteiger partial charge in [0.25, 0.3) is 0 Å². The van der Waals surface area contributed by atoms with Gasteiger partial charge in [-0.05, 0) is 17.5 Å². The van der Waals surface area contributed by atoms with Crippen LogP contribution in [-0.4, -0.2) is 30.0 Å². The molecule has 2 aromatic carbocycles. The summed E-state index contributed by atoms with van der Waals surface area (Å²) in [7, 11) is 1.35. The third-order valence-corrected chi connectivity index (χ3v) is 4.09. The van der Waals surface area contributed by atoms with Crippen molar-refractivity contribution >= 4 is 28.5 Å². The van der Waals surface area contributed by atoms with Gasteiger partial charge in [-0.25, -0.2) is 0 Å². The fourth-order valence-corrected chi connectivity index (χ4v) is 2.88. The van der Waals surface area contributed by atoms with Gasteiger partial charge in [0.2, 0.25) is 0 Å². The molecule has 0 aromatic heterocycles. The average molecular weight is 277 g/mol. The van der Waals surface area contributed by atoms with E-state index < -0.39 is 5.25 Å². The minimum absolute atomic E-state index is 0.201. The third kappa shape index (κ3) is 2.83. The highest BCUT2D eigenvalue weighted by atomic mass is 32.2. The summed E-state index contributed by atoms with van der Waals surface area (Å²) in [6, 6.07) is 10.9. The number of hydrogen-bond donors (Lipinski definition) is 2. The first-order valence-electron chi connectivity index (χ1n) is 5.82. The van der Waals surface area contributed by atoms with Crippen LogP contribution < -0.4 is 5.73 Å². The molecule has 0 aliphatic rings. The predicted molar refractivity (Wildman–Crippen MR) is 76.3 cm³/mol. The number of carbonyl (C=O) groups excluding carboxylic acids is 1. The first-order chi connectivity index (χ1) is 9.17. The molecule has 0 fully saturated rings. The first kappa shape index (κ1) is 13.7. The fraction of sp³-hybridized carbons (Fsp3) is 0.214. The van der Waals surface area contributed by atoms with Crippen LogP contribution in [0.2, 0.25) is 0 Å². The maximum atomic E-state index is 11.6. The normalized spacial score (nSPS) is 12.3.